The second kappa shape index (κ2) is 9.63. The van der Waals surface area contributed by atoms with E-state index in [9.17, 15) is 9.18 Å². The van der Waals surface area contributed by atoms with Crippen molar-refractivity contribution < 1.29 is 9.18 Å². The van der Waals surface area contributed by atoms with Gasteiger partial charge in [0.05, 0.1) is 0 Å². The van der Waals surface area contributed by atoms with Crippen LogP contribution >= 0.6 is 11.6 Å². The van der Waals surface area contributed by atoms with E-state index in [1.807, 2.05) is 48.2 Å². The maximum absolute atomic E-state index is 13.4. The number of amides is 1. The van der Waals surface area contributed by atoms with Crippen LogP contribution in [0.4, 0.5) is 10.1 Å². The molecule has 1 saturated heterocycles. The van der Waals surface area contributed by atoms with Crippen molar-refractivity contribution in [3.8, 4) is 0 Å². The Bertz CT molecular complexity index is 1010. The second-order valence-electron chi connectivity index (χ2n) is 8.15. The van der Waals surface area contributed by atoms with Gasteiger partial charge in [-0.25, -0.2) is 4.39 Å². The lowest BCUT2D eigenvalue weighted by molar-refractivity contribution is 0.0958. The molecule has 1 amide bonds. The largest absolute Gasteiger partial charge is 0.305 e. The third-order valence-corrected chi connectivity index (χ3v) is 6.12. The van der Waals surface area contributed by atoms with Crippen molar-refractivity contribution in [3.63, 3.8) is 0 Å². The van der Waals surface area contributed by atoms with Gasteiger partial charge in [0.15, 0.2) is 0 Å². The summed E-state index contributed by atoms with van der Waals surface area (Å²) in [5.74, 6) is -0.422. The minimum atomic E-state index is -0.339. The van der Waals surface area contributed by atoms with Crippen LogP contribution in [-0.2, 0) is 6.54 Å². The fourth-order valence-electron chi connectivity index (χ4n) is 4.11. The highest BCUT2D eigenvalue weighted by atomic mass is 35.5. The van der Waals surface area contributed by atoms with Crippen LogP contribution < -0.4 is 4.90 Å². The summed E-state index contributed by atoms with van der Waals surface area (Å²) in [5, 5.41) is 0.746. The number of likely N-dealkylation sites (tertiary alicyclic amines) is 1. The molecule has 1 heterocycles. The quantitative estimate of drug-likeness (QED) is 0.482. The molecule has 3 aromatic carbocycles. The fourth-order valence-corrected chi connectivity index (χ4v) is 4.24. The normalized spacial score (nSPS) is 15.1. The van der Waals surface area contributed by atoms with Crippen LogP contribution in [0.25, 0.3) is 0 Å². The van der Waals surface area contributed by atoms with Gasteiger partial charge in [0.2, 0.25) is 0 Å². The SMILES string of the molecule is Cc1ccc(N(C(=O)c2ccc(F)cc2)C2CCN(Cc3ccc(Cl)cc3)CC2)cc1. The van der Waals surface area contributed by atoms with E-state index in [-0.39, 0.29) is 17.8 Å². The van der Waals surface area contributed by atoms with Gasteiger partial charge in [-0.15, -0.1) is 0 Å². The van der Waals surface area contributed by atoms with Gasteiger partial charge in [0.1, 0.15) is 5.82 Å². The number of nitrogens with zero attached hydrogens (tertiary/aromatic N) is 2. The van der Waals surface area contributed by atoms with Gasteiger partial charge in [-0.1, -0.05) is 41.4 Å². The van der Waals surface area contributed by atoms with Crippen molar-refractivity contribution in [3.05, 3.63) is 100 Å². The van der Waals surface area contributed by atoms with Crippen LogP contribution in [0.2, 0.25) is 5.02 Å². The molecule has 0 atom stereocenters. The Morgan fingerprint density at radius 3 is 2.19 bits per heavy atom. The fraction of sp³-hybridized carbons (Fsp3) is 0.269. The Labute approximate surface area is 188 Å². The van der Waals surface area contributed by atoms with Gasteiger partial charge < -0.3 is 4.90 Å². The number of hydrogen-bond acceptors (Lipinski definition) is 2. The minimum Gasteiger partial charge on any atom is -0.305 e. The lowest BCUT2D eigenvalue weighted by Gasteiger charge is -2.38. The van der Waals surface area contributed by atoms with Crippen molar-refractivity contribution in [1.29, 1.82) is 0 Å². The minimum absolute atomic E-state index is 0.0833. The molecule has 5 heteroatoms. The van der Waals surface area contributed by atoms with Crippen LogP contribution in [0.15, 0.2) is 72.8 Å². The summed E-state index contributed by atoms with van der Waals surface area (Å²) in [7, 11) is 0. The van der Waals surface area contributed by atoms with Crippen molar-refractivity contribution in [2.75, 3.05) is 18.0 Å². The number of rotatable bonds is 5. The number of carbonyl (C=O) groups excluding carboxylic acids is 1. The molecule has 0 unspecified atom stereocenters. The molecule has 0 aromatic heterocycles. The van der Waals surface area contributed by atoms with Crippen LogP contribution in [-0.4, -0.2) is 29.9 Å². The lowest BCUT2D eigenvalue weighted by Crippen LogP contribution is -2.47. The van der Waals surface area contributed by atoms with Crippen LogP contribution in [0.3, 0.4) is 0 Å². The highest BCUT2D eigenvalue weighted by Gasteiger charge is 2.30. The number of benzene rings is 3. The number of anilines is 1. The topological polar surface area (TPSA) is 23.6 Å². The number of hydrogen-bond donors (Lipinski definition) is 0. The Hall–Kier alpha value is -2.69. The molecule has 31 heavy (non-hydrogen) atoms. The highest BCUT2D eigenvalue weighted by Crippen LogP contribution is 2.27. The summed E-state index contributed by atoms with van der Waals surface area (Å²) >= 11 is 5.99. The summed E-state index contributed by atoms with van der Waals surface area (Å²) in [6, 6.07) is 21.9. The van der Waals surface area contributed by atoms with Crippen LogP contribution in [0.1, 0.15) is 34.3 Å². The third kappa shape index (κ3) is 5.33. The zero-order valence-corrected chi connectivity index (χ0v) is 18.4. The predicted octanol–water partition coefficient (Wildman–Crippen LogP) is 6.10. The Kier molecular flexibility index (Phi) is 6.69. The first kappa shape index (κ1) is 21.5. The maximum Gasteiger partial charge on any atom is 0.258 e. The molecule has 0 N–H and O–H groups in total. The van der Waals surface area contributed by atoms with Crippen molar-refractivity contribution in [2.45, 2.75) is 32.4 Å². The molecular weight excluding hydrogens is 411 g/mol. The summed E-state index contributed by atoms with van der Waals surface area (Å²) in [4.78, 5) is 17.7. The van der Waals surface area contributed by atoms with E-state index in [0.29, 0.717) is 5.56 Å². The zero-order valence-electron chi connectivity index (χ0n) is 17.6. The number of carbonyl (C=O) groups is 1. The van der Waals surface area contributed by atoms with Crippen LogP contribution in [0, 0.1) is 12.7 Å². The first-order chi connectivity index (χ1) is 15.0. The van der Waals surface area contributed by atoms with E-state index in [2.05, 4.69) is 17.0 Å². The van der Waals surface area contributed by atoms with E-state index in [4.69, 9.17) is 11.6 Å². The standard InChI is InChI=1S/C26H26ClFN2O/c1-19-2-12-24(13-3-19)30(26(31)21-6-10-23(28)11-7-21)25-14-16-29(17-15-25)18-20-4-8-22(27)9-5-20/h2-13,25H,14-18H2,1H3. The van der Waals surface area contributed by atoms with E-state index in [1.165, 1.54) is 17.7 Å². The Balaban J connectivity index is 1.50. The molecular formula is C26H26ClFN2O. The molecule has 160 valence electrons. The molecule has 4 rings (SSSR count). The van der Waals surface area contributed by atoms with E-state index >= 15 is 0 Å². The van der Waals surface area contributed by atoms with E-state index in [0.717, 1.165) is 48.7 Å². The average Bonchev–Trinajstić information content (AvgIpc) is 2.78. The van der Waals surface area contributed by atoms with E-state index in [1.54, 1.807) is 12.1 Å². The lowest BCUT2D eigenvalue weighted by atomic mass is 10.00. The molecule has 0 bridgehead atoms. The van der Waals surface area contributed by atoms with Gasteiger partial charge in [-0.3, -0.25) is 9.69 Å². The molecule has 3 nitrogen and oxygen atoms in total. The van der Waals surface area contributed by atoms with Crippen molar-refractivity contribution in [1.82, 2.24) is 4.90 Å². The van der Waals surface area contributed by atoms with Crippen molar-refractivity contribution in [2.24, 2.45) is 0 Å². The highest BCUT2D eigenvalue weighted by molar-refractivity contribution is 6.30. The van der Waals surface area contributed by atoms with Gasteiger partial charge in [-0.2, -0.15) is 0 Å². The summed E-state index contributed by atoms with van der Waals surface area (Å²) in [6.45, 7) is 4.73. The number of halogens is 2. The van der Waals surface area contributed by atoms with Gasteiger partial charge >= 0.3 is 0 Å². The average molecular weight is 437 g/mol. The first-order valence-corrected chi connectivity index (χ1v) is 11.0. The molecule has 0 spiro atoms. The van der Waals surface area contributed by atoms with E-state index < -0.39 is 0 Å². The van der Waals surface area contributed by atoms with Crippen molar-refractivity contribution >= 4 is 23.2 Å². The summed E-state index contributed by atoms with van der Waals surface area (Å²) in [6.07, 6.45) is 1.77. The monoisotopic (exact) mass is 436 g/mol. The first-order valence-electron chi connectivity index (χ1n) is 10.6. The summed E-state index contributed by atoms with van der Waals surface area (Å²) in [5.41, 5.74) is 3.78. The van der Waals surface area contributed by atoms with Crippen LogP contribution in [0.5, 0.6) is 0 Å². The molecule has 1 fully saturated rings. The Morgan fingerprint density at radius 1 is 0.968 bits per heavy atom. The zero-order chi connectivity index (χ0) is 21.8. The van der Waals surface area contributed by atoms with Gasteiger partial charge in [0, 0.05) is 41.9 Å². The molecule has 0 radical (unpaired) electrons. The smallest absolute Gasteiger partial charge is 0.258 e. The predicted molar refractivity (Wildman–Crippen MR) is 124 cm³/mol. The molecule has 0 aliphatic carbocycles. The number of aryl methyl sites for hydroxylation is 1. The maximum atomic E-state index is 13.4. The molecule has 0 saturated carbocycles. The number of piperidine rings is 1. The van der Waals surface area contributed by atoms with Gasteiger partial charge in [-0.05, 0) is 73.9 Å². The van der Waals surface area contributed by atoms with Gasteiger partial charge in [0.25, 0.3) is 5.91 Å². The molecule has 3 aromatic rings. The summed E-state index contributed by atoms with van der Waals surface area (Å²) < 4.78 is 13.4. The Morgan fingerprint density at radius 2 is 1.58 bits per heavy atom. The molecule has 1 aliphatic rings. The third-order valence-electron chi connectivity index (χ3n) is 5.86. The second-order valence-corrected chi connectivity index (χ2v) is 8.59. The molecule has 1 aliphatic heterocycles.